The van der Waals surface area contributed by atoms with Crippen LogP contribution in [0.4, 0.5) is 0 Å². The highest BCUT2D eigenvalue weighted by molar-refractivity contribution is 5.85. The van der Waals surface area contributed by atoms with Crippen LogP contribution in [0.3, 0.4) is 0 Å². The summed E-state index contributed by atoms with van der Waals surface area (Å²) in [6.45, 7) is 9.57. The van der Waals surface area contributed by atoms with Crippen LogP contribution in [0.1, 0.15) is 33.3 Å². The SMILES string of the molecule is CNCCNC(=O)C(C)Oc1cccc(C(C)(C)C)c1.Cl. The molecule has 0 aliphatic heterocycles. The normalized spacial score (nSPS) is 12.2. The molecule has 0 saturated heterocycles. The van der Waals surface area contributed by atoms with E-state index in [2.05, 4.69) is 37.5 Å². The molecular formula is C16H27ClN2O2. The molecule has 4 nitrogen and oxygen atoms in total. The van der Waals surface area contributed by atoms with Crippen LogP contribution in [0.25, 0.3) is 0 Å². The Morgan fingerprint density at radius 2 is 1.95 bits per heavy atom. The summed E-state index contributed by atoms with van der Waals surface area (Å²) in [5.74, 6) is 0.634. The first kappa shape index (κ1) is 19.7. The molecular weight excluding hydrogens is 288 g/mol. The standard InChI is InChI=1S/C16H26N2O2.ClH/c1-12(15(19)18-10-9-17-5)20-14-8-6-7-13(11-14)16(2,3)4;/h6-8,11-12,17H,9-10H2,1-5H3,(H,18,19);1H. The van der Waals surface area contributed by atoms with Crippen molar-refractivity contribution in [2.24, 2.45) is 0 Å². The quantitative estimate of drug-likeness (QED) is 0.793. The van der Waals surface area contributed by atoms with Gasteiger partial charge in [0, 0.05) is 13.1 Å². The molecule has 0 saturated carbocycles. The summed E-state index contributed by atoms with van der Waals surface area (Å²) in [7, 11) is 1.85. The molecule has 1 aromatic carbocycles. The lowest BCUT2D eigenvalue weighted by Gasteiger charge is -2.21. The number of likely N-dealkylation sites (N-methyl/N-ethyl adjacent to an activating group) is 1. The van der Waals surface area contributed by atoms with Gasteiger partial charge in [0.15, 0.2) is 6.10 Å². The van der Waals surface area contributed by atoms with E-state index < -0.39 is 6.10 Å². The molecule has 0 spiro atoms. The van der Waals surface area contributed by atoms with Crippen molar-refractivity contribution < 1.29 is 9.53 Å². The minimum atomic E-state index is -0.498. The first-order chi connectivity index (χ1) is 9.34. The highest BCUT2D eigenvalue weighted by Crippen LogP contribution is 2.25. The molecule has 1 amide bonds. The van der Waals surface area contributed by atoms with E-state index in [4.69, 9.17) is 4.74 Å². The molecule has 5 heteroatoms. The van der Waals surface area contributed by atoms with Crippen LogP contribution >= 0.6 is 12.4 Å². The molecule has 0 radical (unpaired) electrons. The third kappa shape index (κ3) is 6.82. The van der Waals surface area contributed by atoms with Crippen molar-refractivity contribution in [3.63, 3.8) is 0 Å². The molecule has 0 aromatic heterocycles. The van der Waals surface area contributed by atoms with Crippen LogP contribution in [-0.2, 0) is 10.2 Å². The van der Waals surface area contributed by atoms with E-state index in [0.29, 0.717) is 6.54 Å². The van der Waals surface area contributed by atoms with Crippen LogP contribution in [0, 0.1) is 0 Å². The number of carbonyl (C=O) groups is 1. The monoisotopic (exact) mass is 314 g/mol. The molecule has 0 aliphatic rings. The van der Waals surface area contributed by atoms with Crippen LogP contribution in [-0.4, -0.2) is 32.1 Å². The average molecular weight is 315 g/mol. The molecule has 0 fully saturated rings. The van der Waals surface area contributed by atoms with Gasteiger partial charge < -0.3 is 15.4 Å². The van der Waals surface area contributed by atoms with Crippen molar-refractivity contribution >= 4 is 18.3 Å². The highest BCUT2D eigenvalue weighted by Gasteiger charge is 2.17. The molecule has 0 heterocycles. The maximum Gasteiger partial charge on any atom is 0.260 e. The minimum Gasteiger partial charge on any atom is -0.481 e. The van der Waals surface area contributed by atoms with E-state index in [-0.39, 0.29) is 23.7 Å². The van der Waals surface area contributed by atoms with Gasteiger partial charge in [-0.3, -0.25) is 4.79 Å². The van der Waals surface area contributed by atoms with Gasteiger partial charge in [0.1, 0.15) is 5.75 Å². The second kappa shape index (κ2) is 8.90. The van der Waals surface area contributed by atoms with E-state index in [1.807, 2.05) is 25.2 Å². The first-order valence-corrected chi connectivity index (χ1v) is 7.04. The molecule has 0 bridgehead atoms. The highest BCUT2D eigenvalue weighted by atomic mass is 35.5. The maximum atomic E-state index is 11.8. The number of rotatable bonds is 6. The smallest absolute Gasteiger partial charge is 0.260 e. The molecule has 21 heavy (non-hydrogen) atoms. The lowest BCUT2D eigenvalue weighted by atomic mass is 9.87. The van der Waals surface area contributed by atoms with Crippen molar-refractivity contribution in [1.82, 2.24) is 10.6 Å². The largest absolute Gasteiger partial charge is 0.481 e. The van der Waals surface area contributed by atoms with E-state index in [0.717, 1.165) is 12.3 Å². The lowest BCUT2D eigenvalue weighted by molar-refractivity contribution is -0.127. The lowest BCUT2D eigenvalue weighted by Crippen LogP contribution is -2.39. The number of benzene rings is 1. The number of nitrogens with one attached hydrogen (secondary N) is 2. The van der Waals surface area contributed by atoms with Gasteiger partial charge in [0.05, 0.1) is 0 Å². The average Bonchev–Trinajstić information content (AvgIpc) is 2.38. The number of carbonyl (C=O) groups excluding carboxylic acids is 1. The van der Waals surface area contributed by atoms with Gasteiger partial charge in [0.2, 0.25) is 0 Å². The number of halogens is 1. The van der Waals surface area contributed by atoms with Crippen molar-refractivity contribution in [3.8, 4) is 5.75 Å². The summed E-state index contributed by atoms with van der Waals surface area (Å²) in [4.78, 5) is 11.8. The molecule has 1 atom stereocenters. The summed E-state index contributed by atoms with van der Waals surface area (Å²) >= 11 is 0. The zero-order valence-corrected chi connectivity index (χ0v) is 14.3. The summed E-state index contributed by atoms with van der Waals surface area (Å²) in [5.41, 5.74) is 1.26. The van der Waals surface area contributed by atoms with Crippen LogP contribution in [0.5, 0.6) is 5.75 Å². The number of amides is 1. The number of ether oxygens (including phenoxy) is 1. The van der Waals surface area contributed by atoms with E-state index >= 15 is 0 Å². The second-order valence-corrected chi connectivity index (χ2v) is 5.93. The van der Waals surface area contributed by atoms with Crippen LogP contribution < -0.4 is 15.4 Å². The fourth-order valence-electron chi connectivity index (χ4n) is 1.75. The Bertz CT molecular complexity index is 444. The Kier molecular flexibility index (Phi) is 8.37. The van der Waals surface area contributed by atoms with Crippen molar-refractivity contribution in [2.45, 2.75) is 39.2 Å². The van der Waals surface area contributed by atoms with Crippen molar-refractivity contribution in [1.29, 1.82) is 0 Å². The Labute approximate surface area is 134 Å². The first-order valence-electron chi connectivity index (χ1n) is 7.04. The molecule has 120 valence electrons. The van der Waals surface area contributed by atoms with Gasteiger partial charge in [-0.1, -0.05) is 32.9 Å². The topological polar surface area (TPSA) is 50.4 Å². The van der Waals surface area contributed by atoms with Gasteiger partial charge in [-0.2, -0.15) is 0 Å². The Hall–Kier alpha value is -1.26. The molecule has 2 N–H and O–H groups in total. The number of hydrogen-bond acceptors (Lipinski definition) is 3. The molecule has 1 rings (SSSR count). The third-order valence-corrected chi connectivity index (χ3v) is 3.06. The fourth-order valence-corrected chi connectivity index (χ4v) is 1.75. The predicted octanol–water partition coefficient (Wildman–Crippen LogP) is 2.51. The zero-order chi connectivity index (χ0) is 15.2. The maximum absolute atomic E-state index is 11.8. The predicted molar refractivity (Wildman–Crippen MR) is 89.4 cm³/mol. The molecule has 0 aliphatic carbocycles. The Balaban J connectivity index is 0.00000400. The zero-order valence-electron chi connectivity index (χ0n) is 13.5. The van der Waals surface area contributed by atoms with Crippen LogP contribution in [0.2, 0.25) is 0 Å². The minimum absolute atomic E-state index is 0. The third-order valence-electron chi connectivity index (χ3n) is 3.06. The Morgan fingerprint density at radius 3 is 2.52 bits per heavy atom. The molecule has 1 aromatic rings. The molecule has 1 unspecified atom stereocenters. The van der Waals surface area contributed by atoms with Gasteiger partial charge in [-0.25, -0.2) is 0 Å². The second-order valence-electron chi connectivity index (χ2n) is 5.93. The van der Waals surface area contributed by atoms with Gasteiger partial charge >= 0.3 is 0 Å². The van der Waals surface area contributed by atoms with Gasteiger partial charge in [-0.15, -0.1) is 12.4 Å². The number of hydrogen-bond donors (Lipinski definition) is 2. The summed E-state index contributed by atoms with van der Waals surface area (Å²) in [5, 5.41) is 5.80. The summed E-state index contributed by atoms with van der Waals surface area (Å²) in [6.07, 6.45) is -0.498. The fraction of sp³-hybridized carbons (Fsp3) is 0.562. The van der Waals surface area contributed by atoms with E-state index in [9.17, 15) is 4.79 Å². The van der Waals surface area contributed by atoms with Gasteiger partial charge in [0.25, 0.3) is 5.91 Å². The van der Waals surface area contributed by atoms with Crippen molar-refractivity contribution in [2.75, 3.05) is 20.1 Å². The summed E-state index contributed by atoms with van der Waals surface area (Å²) in [6, 6.07) is 7.91. The van der Waals surface area contributed by atoms with E-state index in [1.165, 1.54) is 5.56 Å². The van der Waals surface area contributed by atoms with E-state index in [1.54, 1.807) is 6.92 Å². The van der Waals surface area contributed by atoms with Crippen molar-refractivity contribution in [3.05, 3.63) is 29.8 Å². The summed E-state index contributed by atoms with van der Waals surface area (Å²) < 4.78 is 5.71. The Morgan fingerprint density at radius 1 is 1.29 bits per heavy atom. The van der Waals surface area contributed by atoms with Gasteiger partial charge in [-0.05, 0) is 37.1 Å². The van der Waals surface area contributed by atoms with Crippen LogP contribution in [0.15, 0.2) is 24.3 Å².